The number of rotatable bonds is 16. The topological polar surface area (TPSA) is 119 Å². The summed E-state index contributed by atoms with van der Waals surface area (Å²) in [5.74, 6) is 1.57. The van der Waals surface area contributed by atoms with E-state index in [0.717, 1.165) is 5.56 Å². The molecule has 4 aromatic carbocycles. The maximum absolute atomic E-state index is 11.7. The molecule has 10 nitrogen and oxygen atoms in total. The molecule has 1 aromatic heterocycles. The summed E-state index contributed by atoms with van der Waals surface area (Å²) in [6.07, 6.45) is 3.57. The molecule has 1 heterocycles. The van der Waals surface area contributed by atoms with Gasteiger partial charge < -0.3 is 22.6 Å². The third kappa shape index (κ3) is 8.52. The lowest BCUT2D eigenvalue weighted by molar-refractivity contribution is 0.111. The van der Waals surface area contributed by atoms with Gasteiger partial charge >= 0.3 is 17.2 Å². The fourth-order valence-corrected chi connectivity index (χ4v) is 6.05. The highest BCUT2D eigenvalue weighted by molar-refractivity contribution is 7.43. The molecule has 12 heteroatoms. The van der Waals surface area contributed by atoms with E-state index in [0.29, 0.717) is 47.0 Å². The van der Waals surface area contributed by atoms with Crippen LogP contribution in [-0.4, -0.2) is 23.8 Å². The van der Waals surface area contributed by atoms with Gasteiger partial charge in [-0.05, 0) is 67.1 Å². The molecule has 1 atom stereocenters. The van der Waals surface area contributed by atoms with Crippen molar-refractivity contribution in [2.75, 3.05) is 0 Å². The molecule has 0 radical (unpaired) electrons. The average Bonchev–Trinajstić information content (AvgIpc) is 3.09. The fraction of sp³-hybridized carbons (Fsp3) is 0.0588. The predicted octanol–water partition coefficient (Wildman–Crippen LogP) is 8.49. The van der Waals surface area contributed by atoms with Crippen LogP contribution in [-0.2, 0) is 11.1 Å². The van der Waals surface area contributed by atoms with Gasteiger partial charge in [-0.25, -0.2) is 0 Å². The second-order valence-corrected chi connectivity index (χ2v) is 11.4. The van der Waals surface area contributed by atoms with Gasteiger partial charge in [-0.2, -0.15) is 0 Å². The van der Waals surface area contributed by atoms with Gasteiger partial charge in [0.1, 0.15) is 35.3 Å². The minimum atomic E-state index is -2.21. The Labute approximate surface area is 267 Å². The van der Waals surface area contributed by atoms with Gasteiger partial charge in [0.15, 0.2) is 24.6 Å². The van der Waals surface area contributed by atoms with Gasteiger partial charge in [0.2, 0.25) is 0 Å². The van der Waals surface area contributed by atoms with Crippen molar-refractivity contribution in [1.29, 1.82) is 0 Å². The van der Waals surface area contributed by atoms with Crippen LogP contribution in [0.2, 0.25) is 0 Å². The van der Waals surface area contributed by atoms with Crippen molar-refractivity contribution in [3.05, 3.63) is 143 Å². The van der Waals surface area contributed by atoms with Crippen molar-refractivity contribution < 1.29 is 41.5 Å². The molecular weight excluding hydrogens is 628 g/mol. The Bertz CT molecular complexity index is 1750. The average molecular weight is 656 g/mol. The van der Waals surface area contributed by atoms with Crippen LogP contribution < -0.4 is 22.6 Å². The largest absolute Gasteiger partial charge is 0.530 e. The molecule has 46 heavy (non-hydrogen) atoms. The van der Waals surface area contributed by atoms with Crippen LogP contribution in [0.5, 0.6) is 28.7 Å². The van der Waals surface area contributed by atoms with Crippen LogP contribution >= 0.6 is 17.2 Å². The van der Waals surface area contributed by atoms with E-state index >= 15 is 0 Å². The fourth-order valence-electron chi connectivity index (χ4n) is 3.90. The van der Waals surface area contributed by atoms with Crippen molar-refractivity contribution in [1.82, 2.24) is 4.98 Å². The Hall–Kier alpha value is -5.14. The van der Waals surface area contributed by atoms with Crippen LogP contribution in [0.3, 0.4) is 0 Å². The summed E-state index contributed by atoms with van der Waals surface area (Å²) >= 11 is 0. The highest BCUT2D eigenvalue weighted by Gasteiger charge is 2.26. The third-order valence-electron chi connectivity index (χ3n) is 6.25. The van der Waals surface area contributed by atoms with Gasteiger partial charge in [0, 0.05) is 6.20 Å². The molecule has 0 saturated carbocycles. The van der Waals surface area contributed by atoms with Crippen LogP contribution in [0, 0.1) is 6.92 Å². The maximum atomic E-state index is 11.7. The molecule has 0 N–H and O–H groups in total. The molecule has 0 fully saturated rings. The number of hydrogen-bond acceptors (Lipinski definition) is 10. The van der Waals surface area contributed by atoms with Crippen LogP contribution in [0.25, 0.3) is 0 Å². The smallest absolute Gasteiger partial charge is 0.417 e. The third-order valence-corrected chi connectivity index (χ3v) is 8.32. The Morgan fingerprint density at radius 1 is 0.522 bits per heavy atom. The number of nitrogens with zero attached hydrogens (tertiary/aromatic N) is 1. The summed E-state index contributed by atoms with van der Waals surface area (Å²) in [6.45, 7) is 1.73. The first-order valence-electron chi connectivity index (χ1n) is 13.8. The van der Waals surface area contributed by atoms with Crippen molar-refractivity contribution in [3.8, 4) is 28.7 Å². The second kappa shape index (κ2) is 16.3. The van der Waals surface area contributed by atoms with Crippen LogP contribution in [0.1, 0.15) is 42.3 Å². The molecule has 0 saturated heterocycles. The van der Waals surface area contributed by atoms with Gasteiger partial charge in [0.05, 0.1) is 16.7 Å². The normalized spacial score (nSPS) is 11.3. The molecule has 0 aliphatic rings. The zero-order chi connectivity index (χ0) is 32.1. The highest BCUT2D eigenvalue weighted by Crippen LogP contribution is 2.47. The summed E-state index contributed by atoms with van der Waals surface area (Å²) in [5, 5.41) is 0. The van der Waals surface area contributed by atoms with E-state index in [9.17, 15) is 14.4 Å². The molecular formula is C34H27NO9P2. The van der Waals surface area contributed by atoms with E-state index in [1.165, 1.54) is 0 Å². The number of hydrogen-bond donors (Lipinski definition) is 0. The van der Waals surface area contributed by atoms with Crippen molar-refractivity contribution in [2.24, 2.45) is 0 Å². The van der Waals surface area contributed by atoms with E-state index in [-0.39, 0.29) is 29.6 Å². The lowest BCUT2D eigenvalue weighted by Crippen LogP contribution is -2.07. The summed E-state index contributed by atoms with van der Waals surface area (Å²) in [6, 6.07) is 30.7. The minimum Gasteiger partial charge on any atom is -0.417 e. The van der Waals surface area contributed by atoms with E-state index in [2.05, 4.69) is 4.98 Å². The Morgan fingerprint density at radius 3 is 1.46 bits per heavy atom. The molecule has 0 spiro atoms. The van der Waals surface area contributed by atoms with E-state index < -0.39 is 17.2 Å². The molecule has 0 amide bonds. The van der Waals surface area contributed by atoms with Gasteiger partial charge in [0.25, 0.3) is 0 Å². The quantitative estimate of drug-likeness (QED) is 0.0756. The zero-order valence-electron chi connectivity index (χ0n) is 24.4. The van der Waals surface area contributed by atoms with Crippen molar-refractivity contribution in [3.63, 3.8) is 0 Å². The standard InChI is InChI=1S/C34H27NO9P2/c1-25-11-2-6-15-30(25)40-46(43-33-18-9-5-14-28(33)23-38)44-34-19-10-20-35-29(34)24-39-45(41-31-16-7-3-12-26(31)21-36)42-32-17-8-4-13-27(32)22-37/h2-23H,24H2,1H3. The Kier molecular flexibility index (Phi) is 11.4. The molecule has 232 valence electrons. The molecule has 0 aliphatic heterocycles. The number of para-hydroxylation sites is 4. The second-order valence-electron chi connectivity index (χ2n) is 9.36. The SMILES string of the molecule is Cc1ccccc1OP(Oc1ccccc1C=O)Oc1cccnc1COP(Oc1ccccc1C=O)Oc1ccccc1C=O. The molecule has 5 aromatic rings. The summed E-state index contributed by atoms with van der Waals surface area (Å²) < 4.78 is 36.6. The number of carbonyl (C=O) groups excluding carboxylic acids is 3. The first-order valence-corrected chi connectivity index (χ1v) is 16.0. The summed E-state index contributed by atoms with van der Waals surface area (Å²) in [5.41, 5.74) is 2.11. The van der Waals surface area contributed by atoms with E-state index in [1.807, 2.05) is 25.1 Å². The molecule has 0 bridgehead atoms. The number of aromatic nitrogens is 1. The van der Waals surface area contributed by atoms with Gasteiger partial charge in [-0.3, -0.25) is 23.9 Å². The number of benzene rings is 4. The summed E-state index contributed by atoms with van der Waals surface area (Å²) in [7, 11) is -4.37. The van der Waals surface area contributed by atoms with E-state index in [4.69, 9.17) is 27.1 Å². The number of pyridine rings is 1. The first kappa shape index (κ1) is 32.3. The highest BCUT2D eigenvalue weighted by atomic mass is 31.2. The Balaban J connectivity index is 1.40. The minimum absolute atomic E-state index is 0.160. The van der Waals surface area contributed by atoms with Gasteiger partial charge in [-0.15, -0.1) is 0 Å². The Morgan fingerprint density at radius 2 is 0.935 bits per heavy atom. The lowest BCUT2D eigenvalue weighted by Gasteiger charge is -2.21. The lowest BCUT2D eigenvalue weighted by atomic mass is 10.2. The monoisotopic (exact) mass is 655 g/mol. The first-order chi connectivity index (χ1) is 22.6. The zero-order valence-corrected chi connectivity index (χ0v) is 26.2. The number of aryl methyl sites for hydroxylation is 1. The maximum Gasteiger partial charge on any atom is 0.530 e. The molecule has 0 aliphatic carbocycles. The number of aldehydes is 3. The number of carbonyl (C=O) groups is 3. The van der Waals surface area contributed by atoms with Gasteiger partial charge in [-0.1, -0.05) is 54.6 Å². The van der Waals surface area contributed by atoms with Crippen molar-refractivity contribution in [2.45, 2.75) is 13.5 Å². The summed E-state index contributed by atoms with van der Waals surface area (Å²) in [4.78, 5) is 39.4. The van der Waals surface area contributed by atoms with E-state index in [1.54, 1.807) is 97.2 Å². The molecule has 1 unspecified atom stereocenters. The van der Waals surface area contributed by atoms with Crippen LogP contribution in [0.4, 0.5) is 0 Å². The van der Waals surface area contributed by atoms with Crippen LogP contribution in [0.15, 0.2) is 115 Å². The molecule has 5 rings (SSSR count). The van der Waals surface area contributed by atoms with Crippen molar-refractivity contribution >= 4 is 36.1 Å². The predicted molar refractivity (Wildman–Crippen MR) is 173 cm³/mol.